The average Bonchev–Trinajstić information content (AvgIpc) is 2.82. The minimum absolute atomic E-state index is 0.0362. The lowest BCUT2D eigenvalue weighted by Crippen LogP contribution is -2.46. The fraction of sp³-hybridized carbons (Fsp3) is 0.280. The quantitative estimate of drug-likeness (QED) is 0.594. The fourth-order valence-electron chi connectivity index (χ4n) is 3.82. The van der Waals surface area contributed by atoms with E-state index >= 15 is 0 Å². The first-order valence-electron chi connectivity index (χ1n) is 10.6. The van der Waals surface area contributed by atoms with E-state index in [0.29, 0.717) is 11.5 Å². The van der Waals surface area contributed by atoms with E-state index in [-0.39, 0.29) is 11.9 Å². The standard InChI is InChI=1S/C25H27N3O3/c1-30-21-11-7-19(8-12-21)18-28-16-3-2-6-24(28)25(29)27-20-9-13-22(14-10-20)31-23-5-4-15-26-17-23/h4-5,7-15,17,24H,2-3,6,16,18H2,1H3,(H,27,29)/t24-/m1/s1. The van der Waals surface area contributed by atoms with Crippen LogP contribution in [0.2, 0.25) is 0 Å². The van der Waals surface area contributed by atoms with Gasteiger partial charge in [-0.3, -0.25) is 14.7 Å². The number of nitrogens with zero attached hydrogens (tertiary/aromatic N) is 2. The molecule has 2 heterocycles. The molecule has 6 nitrogen and oxygen atoms in total. The van der Waals surface area contributed by atoms with Gasteiger partial charge in [0.2, 0.25) is 5.91 Å². The number of pyridine rings is 1. The molecule has 31 heavy (non-hydrogen) atoms. The van der Waals surface area contributed by atoms with Gasteiger partial charge >= 0.3 is 0 Å². The number of carbonyl (C=O) groups is 1. The van der Waals surface area contributed by atoms with Gasteiger partial charge in [0.05, 0.1) is 19.3 Å². The zero-order valence-corrected chi connectivity index (χ0v) is 17.7. The number of benzene rings is 2. The molecule has 1 aliphatic rings. The molecule has 0 spiro atoms. The maximum atomic E-state index is 13.0. The molecule has 0 unspecified atom stereocenters. The highest BCUT2D eigenvalue weighted by Crippen LogP contribution is 2.24. The Balaban J connectivity index is 1.37. The smallest absolute Gasteiger partial charge is 0.241 e. The van der Waals surface area contributed by atoms with E-state index in [1.165, 1.54) is 5.56 Å². The van der Waals surface area contributed by atoms with Gasteiger partial charge in [-0.25, -0.2) is 0 Å². The van der Waals surface area contributed by atoms with Gasteiger partial charge in [0, 0.05) is 18.4 Å². The van der Waals surface area contributed by atoms with E-state index in [1.807, 2.05) is 48.5 Å². The molecule has 0 aliphatic carbocycles. The van der Waals surface area contributed by atoms with Crippen molar-refractivity contribution in [2.45, 2.75) is 31.8 Å². The number of piperidine rings is 1. The van der Waals surface area contributed by atoms with Crippen LogP contribution in [0.15, 0.2) is 73.1 Å². The predicted octanol–water partition coefficient (Wildman–Crippen LogP) is 4.88. The SMILES string of the molecule is COc1ccc(CN2CCCC[C@@H]2C(=O)Nc2ccc(Oc3cccnc3)cc2)cc1. The van der Waals surface area contributed by atoms with Crippen molar-refractivity contribution in [1.29, 1.82) is 0 Å². The zero-order valence-electron chi connectivity index (χ0n) is 17.7. The molecule has 2 aromatic carbocycles. The van der Waals surface area contributed by atoms with Crippen molar-refractivity contribution >= 4 is 11.6 Å². The Morgan fingerprint density at radius 3 is 2.52 bits per heavy atom. The summed E-state index contributed by atoms with van der Waals surface area (Å²) in [6.07, 6.45) is 6.41. The third-order valence-corrected chi connectivity index (χ3v) is 5.45. The summed E-state index contributed by atoms with van der Waals surface area (Å²) >= 11 is 0. The number of carbonyl (C=O) groups excluding carboxylic acids is 1. The van der Waals surface area contributed by atoms with Crippen LogP contribution in [-0.2, 0) is 11.3 Å². The number of anilines is 1. The van der Waals surface area contributed by atoms with Crippen LogP contribution in [0, 0.1) is 0 Å². The number of methoxy groups -OCH3 is 1. The first-order chi connectivity index (χ1) is 15.2. The van der Waals surface area contributed by atoms with Crippen LogP contribution >= 0.6 is 0 Å². The Bertz CT molecular complexity index is 975. The number of likely N-dealkylation sites (tertiary alicyclic amines) is 1. The Morgan fingerprint density at radius 1 is 1.03 bits per heavy atom. The molecular weight excluding hydrogens is 390 g/mol. The van der Waals surface area contributed by atoms with Crippen LogP contribution in [0.1, 0.15) is 24.8 Å². The molecule has 1 aromatic heterocycles. The molecule has 0 radical (unpaired) electrons. The second-order valence-electron chi connectivity index (χ2n) is 7.63. The van der Waals surface area contributed by atoms with E-state index in [9.17, 15) is 4.79 Å². The van der Waals surface area contributed by atoms with Gasteiger partial charge in [-0.15, -0.1) is 0 Å². The van der Waals surface area contributed by atoms with Crippen molar-refractivity contribution in [2.75, 3.05) is 19.0 Å². The van der Waals surface area contributed by atoms with Crippen molar-refractivity contribution < 1.29 is 14.3 Å². The van der Waals surface area contributed by atoms with Gasteiger partial charge in [-0.2, -0.15) is 0 Å². The Hall–Kier alpha value is -3.38. The summed E-state index contributed by atoms with van der Waals surface area (Å²) in [6, 6.07) is 19.0. The summed E-state index contributed by atoms with van der Waals surface area (Å²) < 4.78 is 11.0. The summed E-state index contributed by atoms with van der Waals surface area (Å²) in [6.45, 7) is 1.67. The van der Waals surface area contributed by atoms with Crippen LogP contribution in [0.25, 0.3) is 0 Å². The van der Waals surface area contributed by atoms with E-state index in [2.05, 4.69) is 27.3 Å². The highest BCUT2D eigenvalue weighted by molar-refractivity contribution is 5.94. The molecular formula is C25H27N3O3. The molecule has 6 heteroatoms. The maximum Gasteiger partial charge on any atom is 0.241 e. The molecule has 1 N–H and O–H groups in total. The highest BCUT2D eigenvalue weighted by Gasteiger charge is 2.28. The van der Waals surface area contributed by atoms with Crippen LogP contribution < -0.4 is 14.8 Å². The van der Waals surface area contributed by atoms with Crippen molar-refractivity contribution in [3.8, 4) is 17.2 Å². The molecule has 0 saturated carbocycles. The number of hydrogen-bond acceptors (Lipinski definition) is 5. The Morgan fingerprint density at radius 2 is 1.81 bits per heavy atom. The number of nitrogens with one attached hydrogen (secondary N) is 1. The number of amides is 1. The van der Waals surface area contributed by atoms with E-state index in [0.717, 1.165) is 43.8 Å². The predicted molar refractivity (Wildman–Crippen MR) is 120 cm³/mol. The summed E-state index contributed by atoms with van der Waals surface area (Å²) in [5.74, 6) is 2.25. The number of hydrogen-bond donors (Lipinski definition) is 1. The van der Waals surface area contributed by atoms with E-state index < -0.39 is 0 Å². The van der Waals surface area contributed by atoms with Crippen LogP contribution in [0.3, 0.4) is 0 Å². The van der Waals surface area contributed by atoms with Crippen LogP contribution in [-0.4, -0.2) is 35.5 Å². The van der Waals surface area contributed by atoms with Crippen molar-refractivity contribution in [3.05, 3.63) is 78.6 Å². The van der Waals surface area contributed by atoms with Crippen molar-refractivity contribution in [1.82, 2.24) is 9.88 Å². The minimum Gasteiger partial charge on any atom is -0.497 e. The largest absolute Gasteiger partial charge is 0.497 e. The van der Waals surface area contributed by atoms with Gasteiger partial charge in [-0.1, -0.05) is 18.6 Å². The lowest BCUT2D eigenvalue weighted by Gasteiger charge is -2.34. The van der Waals surface area contributed by atoms with Gasteiger partial charge < -0.3 is 14.8 Å². The summed E-state index contributed by atoms with van der Waals surface area (Å²) in [4.78, 5) is 19.3. The second-order valence-corrected chi connectivity index (χ2v) is 7.63. The molecule has 160 valence electrons. The third-order valence-electron chi connectivity index (χ3n) is 5.45. The molecule has 1 atom stereocenters. The second kappa shape index (κ2) is 10.1. The highest BCUT2D eigenvalue weighted by atomic mass is 16.5. The lowest BCUT2D eigenvalue weighted by atomic mass is 10.00. The molecule has 1 aliphatic heterocycles. The Kier molecular flexibility index (Phi) is 6.79. The first-order valence-corrected chi connectivity index (χ1v) is 10.6. The van der Waals surface area contributed by atoms with Gasteiger partial charge in [0.25, 0.3) is 0 Å². The lowest BCUT2D eigenvalue weighted by molar-refractivity contribution is -0.122. The third kappa shape index (κ3) is 5.61. The van der Waals surface area contributed by atoms with Crippen molar-refractivity contribution in [3.63, 3.8) is 0 Å². The molecule has 1 saturated heterocycles. The molecule has 1 fully saturated rings. The molecule has 4 rings (SSSR count). The fourth-order valence-corrected chi connectivity index (χ4v) is 3.82. The maximum absolute atomic E-state index is 13.0. The topological polar surface area (TPSA) is 63.7 Å². The van der Waals surface area contributed by atoms with Crippen molar-refractivity contribution in [2.24, 2.45) is 0 Å². The summed E-state index contributed by atoms with van der Waals surface area (Å²) in [7, 11) is 1.66. The molecule has 3 aromatic rings. The van der Waals surface area contributed by atoms with Gasteiger partial charge in [0.15, 0.2) is 0 Å². The average molecular weight is 418 g/mol. The van der Waals surface area contributed by atoms with E-state index in [4.69, 9.17) is 9.47 Å². The first kappa shape index (κ1) is 20.9. The van der Waals surface area contributed by atoms with Gasteiger partial charge in [-0.05, 0) is 73.5 Å². The number of ether oxygens (including phenoxy) is 2. The number of rotatable bonds is 7. The summed E-state index contributed by atoms with van der Waals surface area (Å²) in [5, 5.41) is 3.07. The Labute approximate surface area is 182 Å². The molecule has 0 bridgehead atoms. The minimum atomic E-state index is -0.137. The normalized spacial score (nSPS) is 16.5. The summed E-state index contributed by atoms with van der Waals surface area (Å²) in [5.41, 5.74) is 1.94. The zero-order chi connectivity index (χ0) is 21.5. The van der Waals surface area contributed by atoms with Crippen LogP contribution in [0.4, 0.5) is 5.69 Å². The number of aromatic nitrogens is 1. The van der Waals surface area contributed by atoms with Gasteiger partial charge in [0.1, 0.15) is 17.2 Å². The molecule has 1 amide bonds. The monoisotopic (exact) mass is 417 g/mol. The van der Waals surface area contributed by atoms with Crippen LogP contribution in [0.5, 0.6) is 17.2 Å². The van der Waals surface area contributed by atoms with E-state index in [1.54, 1.807) is 19.5 Å².